The van der Waals surface area contributed by atoms with E-state index < -0.39 is 11.9 Å². The standard InChI is InChI=1S/C17H24N4O2/c1-12(2)9-15(17(23)21(5)11-18)19-16(22)13-7-6-8-14(10-13)20(3)4/h6-8,10,12,15H,9H2,1-5H3,(H,19,22). The number of carbonyl (C=O) groups is 2. The van der Waals surface area contributed by atoms with Crippen LogP contribution in [0.3, 0.4) is 0 Å². The molecule has 6 heteroatoms. The fourth-order valence-corrected chi connectivity index (χ4v) is 2.14. The van der Waals surface area contributed by atoms with Gasteiger partial charge in [-0.05, 0) is 30.5 Å². The van der Waals surface area contributed by atoms with Crippen molar-refractivity contribution < 1.29 is 9.59 Å². The number of benzene rings is 1. The minimum Gasteiger partial charge on any atom is -0.378 e. The first-order valence-corrected chi connectivity index (χ1v) is 7.51. The molecule has 0 aliphatic heterocycles. The summed E-state index contributed by atoms with van der Waals surface area (Å²) in [6.07, 6.45) is 2.26. The number of amides is 2. The molecule has 23 heavy (non-hydrogen) atoms. The first-order valence-electron chi connectivity index (χ1n) is 7.51. The van der Waals surface area contributed by atoms with Crippen molar-refractivity contribution in [1.29, 1.82) is 5.26 Å². The van der Waals surface area contributed by atoms with E-state index in [0.717, 1.165) is 10.6 Å². The SMILES string of the molecule is CC(C)CC(NC(=O)c1cccc(N(C)C)c1)C(=O)N(C)C#N. The van der Waals surface area contributed by atoms with Gasteiger partial charge < -0.3 is 10.2 Å². The van der Waals surface area contributed by atoms with Crippen LogP contribution in [0, 0.1) is 17.4 Å². The molecule has 0 aliphatic rings. The van der Waals surface area contributed by atoms with E-state index in [1.54, 1.807) is 24.4 Å². The van der Waals surface area contributed by atoms with Crippen LogP contribution >= 0.6 is 0 Å². The Morgan fingerprint density at radius 2 is 1.91 bits per heavy atom. The van der Waals surface area contributed by atoms with Gasteiger partial charge in [0, 0.05) is 32.4 Å². The molecule has 0 fully saturated rings. The summed E-state index contributed by atoms with van der Waals surface area (Å²) < 4.78 is 0. The average molecular weight is 316 g/mol. The number of rotatable bonds is 6. The van der Waals surface area contributed by atoms with E-state index in [2.05, 4.69) is 5.32 Å². The molecular formula is C17H24N4O2. The molecule has 6 nitrogen and oxygen atoms in total. The van der Waals surface area contributed by atoms with Crippen LogP contribution < -0.4 is 10.2 Å². The maximum absolute atomic E-state index is 12.4. The summed E-state index contributed by atoms with van der Waals surface area (Å²) in [6, 6.07) is 6.45. The second-order valence-electron chi connectivity index (χ2n) is 6.10. The molecule has 1 rings (SSSR count). The first kappa shape index (κ1) is 18.5. The molecule has 0 radical (unpaired) electrons. The van der Waals surface area contributed by atoms with E-state index in [1.165, 1.54) is 7.05 Å². The van der Waals surface area contributed by atoms with Gasteiger partial charge in [-0.3, -0.25) is 14.5 Å². The average Bonchev–Trinajstić information content (AvgIpc) is 2.52. The number of carbonyl (C=O) groups excluding carboxylic acids is 2. The van der Waals surface area contributed by atoms with Gasteiger partial charge in [-0.15, -0.1) is 0 Å². The van der Waals surface area contributed by atoms with E-state index in [1.807, 2.05) is 38.9 Å². The fraction of sp³-hybridized carbons (Fsp3) is 0.471. The molecule has 0 aromatic heterocycles. The van der Waals surface area contributed by atoms with E-state index in [9.17, 15) is 9.59 Å². The number of likely N-dealkylation sites (N-methyl/N-ethyl adjacent to an activating group) is 1. The summed E-state index contributed by atoms with van der Waals surface area (Å²) in [7, 11) is 5.18. The van der Waals surface area contributed by atoms with Crippen LogP contribution in [0.5, 0.6) is 0 Å². The second-order valence-corrected chi connectivity index (χ2v) is 6.10. The van der Waals surface area contributed by atoms with Gasteiger partial charge in [0.1, 0.15) is 6.04 Å². The first-order chi connectivity index (χ1) is 10.8. The number of hydrogen-bond donors (Lipinski definition) is 1. The highest BCUT2D eigenvalue weighted by atomic mass is 16.2. The smallest absolute Gasteiger partial charge is 0.257 e. The van der Waals surface area contributed by atoms with Gasteiger partial charge in [-0.25, -0.2) is 0 Å². The van der Waals surface area contributed by atoms with Gasteiger partial charge in [0.2, 0.25) is 0 Å². The van der Waals surface area contributed by atoms with Crippen molar-refractivity contribution in [2.45, 2.75) is 26.3 Å². The van der Waals surface area contributed by atoms with Crippen LogP contribution in [0.4, 0.5) is 5.69 Å². The highest BCUT2D eigenvalue weighted by molar-refractivity contribution is 5.98. The van der Waals surface area contributed by atoms with Crippen molar-refractivity contribution in [2.24, 2.45) is 5.92 Å². The van der Waals surface area contributed by atoms with E-state index >= 15 is 0 Å². The van der Waals surface area contributed by atoms with Crippen molar-refractivity contribution in [1.82, 2.24) is 10.2 Å². The molecule has 0 aliphatic carbocycles. The molecule has 1 N–H and O–H groups in total. The minimum absolute atomic E-state index is 0.212. The zero-order valence-corrected chi connectivity index (χ0v) is 14.3. The van der Waals surface area contributed by atoms with Crippen LogP contribution in [0.2, 0.25) is 0 Å². The maximum atomic E-state index is 12.4. The molecule has 124 valence electrons. The topological polar surface area (TPSA) is 76.4 Å². The summed E-state index contributed by atoms with van der Waals surface area (Å²) in [5, 5.41) is 11.6. The molecule has 1 unspecified atom stereocenters. The second kappa shape index (κ2) is 8.18. The highest BCUT2D eigenvalue weighted by Gasteiger charge is 2.25. The molecule has 2 amide bonds. The van der Waals surface area contributed by atoms with Crippen LogP contribution in [-0.4, -0.2) is 43.9 Å². The fourth-order valence-electron chi connectivity index (χ4n) is 2.14. The molecule has 1 aromatic rings. The van der Waals surface area contributed by atoms with Gasteiger partial charge in [-0.1, -0.05) is 19.9 Å². The zero-order valence-electron chi connectivity index (χ0n) is 14.3. The molecule has 0 heterocycles. The van der Waals surface area contributed by atoms with Gasteiger partial charge in [-0.2, -0.15) is 5.26 Å². The Hall–Kier alpha value is -2.55. The lowest BCUT2D eigenvalue weighted by molar-refractivity contribution is -0.129. The Balaban J connectivity index is 2.95. The highest BCUT2D eigenvalue weighted by Crippen LogP contribution is 2.14. The Bertz CT molecular complexity index is 605. The van der Waals surface area contributed by atoms with Gasteiger partial charge in [0.05, 0.1) is 0 Å². The molecular weight excluding hydrogens is 292 g/mol. The van der Waals surface area contributed by atoms with Crippen molar-refractivity contribution in [3.05, 3.63) is 29.8 Å². The summed E-state index contributed by atoms with van der Waals surface area (Å²) in [4.78, 5) is 27.5. The molecule has 1 aromatic carbocycles. The number of hydrogen-bond acceptors (Lipinski definition) is 4. The maximum Gasteiger partial charge on any atom is 0.257 e. The van der Waals surface area contributed by atoms with Crippen molar-refractivity contribution in [3.63, 3.8) is 0 Å². The van der Waals surface area contributed by atoms with Crippen LogP contribution in [0.15, 0.2) is 24.3 Å². The van der Waals surface area contributed by atoms with Crippen LogP contribution in [0.1, 0.15) is 30.6 Å². The zero-order chi connectivity index (χ0) is 17.6. The Morgan fingerprint density at radius 3 is 2.43 bits per heavy atom. The summed E-state index contributed by atoms with van der Waals surface area (Å²) in [5.41, 5.74) is 1.39. The number of nitrogens with zero attached hydrogens (tertiary/aromatic N) is 3. The Kier molecular flexibility index (Phi) is 6.58. The number of nitrogens with one attached hydrogen (secondary N) is 1. The normalized spacial score (nSPS) is 11.5. The summed E-state index contributed by atoms with van der Waals surface area (Å²) >= 11 is 0. The molecule has 0 bridgehead atoms. The summed E-state index contributed by atoms with van der Waals surface area (Å²) in [5.74, 6) is -0.512. The van der Waals surface area contributed by atoms with E-state index in [0.29, 0.717) is 12.0 Å². The Morgan fingerprint density at radius 1 is 1.26 bits per heavy atom. The quantitative estimate of drug-likeness (QED) is 0.642. The molecule has 0 spiro atoms. The molecule has 0 saturated carbocycles. The minimum atomic E-state index is -0.713. The van der Waals surface area contributed by atoms with Gasteiger partial charge >= 0.3 is 0 Å². The third kappa shape index (κ3) is 5.29. The third-order valence-electron chi connectivity index (χ3n) is 3.42. The van der Waals surface area contributed by atoms with Crippen LogP contribution in [0.25, 0.3) is 0 Å². The third-order valence-corrected chi connectivity index (χ3v) is 3.42. The monoisotopic (exact) mass is 316 g/mol. The van der Waals surface area contributed by atoms with E-state index in [-0.39, 0.29) is 11.8 Å². The van der Waals surface area contributed by atoms with Crippen molar-refractivity contribution in [2.75, 3.05) is 26.0 Å². The number of anilines is 1. The van der Waals surface area contributed by atoms with E-state index in [4.69, 9.17) is 5.26 Å². The van der Waals surface area contributed by atoms with Gasteiger partial charge in [0.25, 0.3) is 11.8 Å². The summed E-state index contributed by atoms with van der Waals surface area (Å²) in [6.45, 7) is 3.93. The molecule has 1 atom stereocenters. The predicted molar refractivity (Wildman–Crippen MR) is 89.9 cm³/mol. The number of nitriles is 1. The predicted octanol–water partition coefficient (Wildman–Crippen LogP) is 1.84. The lowest BCUT2D eigenvalue weighted by Crippen LogP contribution is -2.46. The molecule has 0 saturated heterocycles. The lowest BCUT2D eigenvalue weighted by atomic mass is 10.0. The van der Waals surface area contributed by atoms with Crippen molar-refractivity contribution >= 4 is 17.5 Å². The largest absolute Gasteiger partial charge is 0.378 e. The van der Waals surface area contributed by atoms with Crippen molar-refractivity contribution in [3.8, 4) is 6.19 Å². The van der Waals surface area contributed by atoms with Gasteiger partial charge in [0.15, 0.2) is 6.19 Å². The lowest BCUT2D eigenvalue weighted by Gasteiger charge is -2.22. The van der Waals surface area contributed by atoms with Crippen LogP contribution in [-0.2, 0) is 4.79 Å². The Labute approximate surface area is 137 Å².